The Kier molecular flexibility index (Phi) is 2.91. The highest BCUT2D eigenvalue weighted by Gasteiger charge is 2.37. The zero-order valence-corrected chi connectivity index (χ0v) is 8.67. The van der Waals surface area contributed by atoms with E-state index in [4.69, 9.17) is 4.74 Å². The van der Waals surface area contributed by atoms with Gasteiger partial charge in [-0.15, -0.1) is 6.58 Å². The molecule has 0 spiro atoms. The highest BCUT2D eigenvalue weighted by molar-refractivity contribution is 5.78. The van der Waals surface area contributed by atoms with E-state index in [0.717, 1.165) is 12.8 Å². The molecule has 0 unspecified atom stereocenters. The van der Waals surface area contributed by atoms with E-state index >= 15 is 0 Å². The predicted molar refractivity (Wildman–Crippen MR) is 52.6 cm³/mol. The molecule has 1 aliphatic rings. The SMILES string of the molecule is C=C[C@]1(C)CC[C@@H]([C@H](C)C(C)=O)O1. The second-order valence-corrected chi connectivity index (χ2v) is 4.11. The molecule has 0 radical (unpaired) electrons. The Bertz CT molecular complexity index is 222. The molecule has 1 saturated heterocycles. The number of rotatable bonds is 3. The Morgan fingerprint density at radius 3 is 2.77 bits per heavy atom. The molecule has 74 valence electrons. The third-order valence-corrected chi connectivity index (χ3v) is 2.98. The van der Waals surface area contributed by atoms with Crippen LogP contribution < -0.4 is 0 Å². The molecule has 0 aromatic rings. The Hall–Kier alpha value is -0.630. The molecule has 0 amide bonds. The molecule has 2 heteroatoms. The first kappa shape index (κ1) is 10.5. The van der Waals surface area contributed by atoms with E-state index in [9.17, 15) is 4.79 Å². The zero-order chi connectivity index (χ0) is 10.1. The molecule has 13 heavy (non-hydrogen) atoms. The maximum atomic E-state index is 11.1. The molecule has 0 aromatic heterocycles. The molecule has 1 fully saturated rings. The summed E-state index contributed by atoms with van der Waals surface area (Å²) in [5.41, 5.74) is -0.214. The third-order valence-electron chi connectivity index (χ3n) is 2.98. The monoisotopic (exact) mass is 182 g/mol. The summed E-state index contributed by atoms with van der Waals surface area (Å²) >= 11 is 0. The molecular formula is C11H18O2. The molecule has 0 aromatic carbocycles. The summed E-state index contributed by atoms with van der Waals surface area (Å²) in [6.07, 6.45) is 3.85. The normalized spacial score (nSPS) is 35.8. The van der Waals surface area contributed by atoms with Gasteiger partial charge in [0.05, 0.1) is 11.7 Å². The van der Waals surface area contributed by atoms with Crippen molar-refractivity contribution in [3.63, 3.8) is 0 Å². The van der Waals surface area contributed by atoms with Crippen molar-refractivity contribution in [1.82, 2.24) is 0 Å². The highest BCUT2D eigenvalue weighted by Crippen LogP contribution is 2.34. The summed E-state index contributed by atoms with van der Waals surface area (Å²) in [4.78, 5) is 11.1. The smallest absolute Gasteiger partial charge is 0.135 e. The van der Waals surface area contributed by atoms with E-state index < -0.39 is 0 Å². The van der Waals surface area contributed by atoms with Crippen LogP contribution in [0.3, 0.4) is 0 Å². The minimum absolute atomic E-state index is 0.0155. The largest absolute Gasteiger partial charge is 0.367 e. The van der Waals surface area contributed by atoms with Crippen LogP contribution in [0.2, 0.25) is 0 Å². The molecule has 0 N–H and O–H groups in total. The van der Waals surface area contributed by atoms with Gasteiger partial charge in [0.25, 0.3) is 0 Å². The van der Waals surface area contributed by atoms with Crippen LogP contribution in [0, 0.1) is 5.92 Å². The first-order valence-electron chi connectivity index (χ1n) is 4.80. The Labute approximate surface area is 80.0 Å². The molecule has 1 rings (SSSR count). The van der Waals surface area contributed by atoms with E-state index in [1.54, 1.807) is 6.92 Å². The van der Waals surface area contributed by atoms with Crippen molar-refractivity contribution in [1.29, 1.82) is 0 Å². The second kappa shape index (κ2) is 3.62. The Morgan fingerprint density at radius 2 is 2.38 bits per heavy atom. The van der Waals surface area contributed by atoms with E-state index in [1.165, 1.54) is 0 Å². The van der Waals surface area contributed by atoms with Crippen LogP contribution in [-0.4, -0.2) is 17.5 Å². The fourth-order valence-corrected chi connectivity index (χ4v) is 1.66. The number of hydrogen-bond donors (Lipinski definition) is 0. The minimum atomic E-state index is -0.214. The van der Waals surface area contributed by atoms with Crippen LogP contribution in [0.15, 0.2) is 12.7 Å². The summed E-state index contributed by atoms with van der Waals surface area (Å²) in [6, 6.07) is 0. The lowest BCUT2D eigenvalue weighted by Crippen LogP contribution is -2.28. The summed E-state index contributed by atoms with van der Waals surface area (Å²) in [6.45, 7) is 9.32. The van der Waals surface area contributed by atoms with Gasteiger partial charge in [-0.2, -0.15) is 0 Å². The van der Waals surface area contributed by atoms with E-state index in [0.29, 0.717) is 0 Å². The van der Waals surface area contributed by atoms with Crippen molar-refractivity contribution in [2.75, 3.05) is 0 Å². The molecule has 1 heterocycles. The van der Waals surface area contributed by atoms with Crippen molar-refractivity contribution >= 4 is 5.78 Å². The van der Waals surface area contributed by atoms with Crippen molar-refractivity contribution in [2.24, 2.45) is 5.92 Å². The number of ketones is 1. The van der Waals surface area contributed by atoms with Gasteiger partial charge < -0.3 is 4.74 Å². The van der Waals surface area contributed by atoms with E-state index in [2.05, 4.69) is 6.58 Å². The van der Waals surface area contributed by atoms with Crippen LogP contribution in [0.5, 0.6) is 0 Å². The topological polar surface area (TPSA) is 26.3 Å². The van der Waals surface area contributed by atoms with Crippen LogP contribution in [0.4, 0.5) is 0 Å². The van der Waals surface area contributed by atoms with Gasteiger partial charge in [-0.1, -0.05) is 13.0 Å². The van der Waals surface area contributed by atoms with Crippen LogP contribution in [-0.2, 0) is 9.53 Å². The molecular weight excluding hydrogens is 164 g/mol. The van der Waals surface area contributed by atoms with Gasteiger partial charge in [0.1, 0.15) is 5.78 Å². The van der Waals surface area contributed by atoms with Gasteiger partial charge in [-0.25, -0.2) is 0 Å². The first-order chi connectivity index (χ1) is 5.98. The third kappa shape index (κ3) is 2.19. The van der Waals surface area contributed by atoms with Gasteiger partial charge in [-0.05, 0) is 26.7 Å². The molecule has 0 aliphatic carbocycles. The van der Waals surface area contributed by atoms with Crippen molar-refractivity contribution in [3.8, 4) is 0 Å². The van der Waals surface area contributed by atoms with Crippen LogP contribution in [0.25, 0.3) is 0 Å². The number of carbonyl (C=O) groups excluding carboxylic acids is 1. The number of carbonyl (C=O) groups is 1. The molecule has 0 saturated carbocycles. The standard InChI is InChI=1S/C11H18O2/c1-5-11(4)7-6-10(13-11)8(2)9(3)12/h5,8,10H,1,6-7H2,2-4H3/t8-,10+,11-/m1/s1. The Balaban J connectivity index is 2.59. The fraction of sp³-hybridized carbons (Fsp3) is 0.727. The quantitative estimate of drug-likeness (QED) is 0.626. The van der Waals surface area contributed by atoms with Crippen LogP contribution >= 0.6 is 0 Å². The summed E-state index contributed by atoms with van der Waals surface area (Å²) in [7, 11) is 0. The number of hydrogen-bond acceptors (Lipinski definition) is 2. The average molecular weight is 182 g/mol. The average Bonchev–Trinajstić information content (AvgIpc) is 2.47. The summed E-state index contributed by atoms with van der Waals surface area (Å²) in [5.74, 6) is 0.222. The van der Waals surface area contributed by atoms with Crippen molar-refractivity contribution < 1.29 is 9.53 Å². The van der Waals surface area contributed by atoms with Crippen LogP contribution in [0.1, 0.15) is 33.6 Å². The van der Waals surface area contributed by atoms with Gasteiger partial charge in [-0.3, -0.25) is 4.79 Å². The number of Topliss-reactive ketones (excluding diaryl/α,β-unsaturated/α-hetero) is 1. The van der Waals surface area contributed by atoms with Gasteiger partial charge >= 0.3 is 0 Å². The lowest BCUT2D eigenvalue weighted by atomic mass is 9.96. The number of ether oxygens (including phenoxy) is 1. The molecule has 0 bridgehead atoms. The lowest BCUT2D eigenvalue weighted by Gasteiger charge is -2.22. The molecule has 2 nitrogen and oxygen atoms in total. The summed E-state index contributed by atoms with van der Waals surface area (Å²) in [5, 5.41) is 0. The zero-order valence-electron chi connectivity index (χ0n) is 8.67. The predicted octanol–water partition coefficient (Wildman–Crippen LogP) is 2.34. The second-order valence-electron chi connectivity index (χ2n) is 4.11. The van der Waals surface area contributed by atoms with Crippen molar-refractivity contribution in [3.05, 3.63) is 12.7 Å². The fourth-order valence-electron chi connectivity index (χ4n) is 1.66. The van der Waals surface area contributed by atoms with E-state index in [1.807, 2.05) is 19.9 Å². The van der Waals surface area contributed by atoms with Gasteiger partial charge in [0.2, 0.25) is 0 Å². The highest BCUT2D eigenvalue weighted by atomic mass is 16.5. The van der Waals surface area contributed by atoms with Gasteiger partial charge in [0.15, 0.2) is 0 Å². The maximum absolute atomic E-state index is 11.1. The summed E-state index contributed by atoms with van der Waals surface area (Å²) < 4.78 is 5.78. The molecule has 3 atom stereocenters. The Morgan fingerprint density at radius 1 is 1.77 bits per heavy atom. The molecule has 1 aliphatic heterocycles. The van der Waals surface area contributed by atoms with Gasteiger partial charge in [0, 0.05) is 5.92 Å². The van der Waals surface area contributed by atoms with E-state index in [-0.39, 0.29) is 23.4 Å². The van der Waals surface area contributed by atoms with Crippen molar-refractivity contribution in [2.45, 2.75) is 45.3 Å². The minimum Gasteiger partial charge on any atom is -0.367 e. The lowest BCUT2D eigenvalue weighted by molar-refractivity contribution is -0.125. The first-order valence-corrected chi connectivity index (χ1v) is 4.80. The maximum Gasteiger partial charge on any atom is 0.135 e.